The third-order valence-electron chi connectivity index (χ3n) is 3.74. The molecule has 28 heavy (non-hydrogen) atoms. The number of nitrogens with one attached hydrogen (secondary N) is 2. The summed E-state index contributed by atoms with van der Waals surface area (Å²) in [6.07, 6.45) is 0. The number of rotatable bonds is 6. The molecule has 0 spiro atoms. The molecule has 1 heterocycles. The lowest BCUT2D eigenvalue weighted by atomic mass is 10.1. The van der Waals surface area contributed by atoms with Crippen LogP contribution >= 0.6 is 35.2 Å². The molecule has 0 saturated carbocycles. The van der Waals surface area contributed by atoms with Gasteiger partial charge in [0.15, 0.2) is 5.11 Å². The van der Waals surface area contributed by atoms with Crippen LogP contribution in [0.3, 0.4) is 0 Å². The fourth-order valence-electron chi connectivity index (χ4n) is 2.38. The van der Waals surface area contributed by atoms with Gasteiger partial charge < -0.3 is 20.1 Å². The largest absolute Gasteiger partial charge is 0.462 e. The topological polar surface area (TPSA) is 76.7 Å². The molecular formula is C19H21ClN2O4S2. The zero-order valence-corrected chi connectivity index (χ0v) is 18.4. The highest BCUT2D eigenvalue weighted by Crippen LogP contribution is 2.34. The molecule has 1 aromatic heterocycles. The number of benzene rings is 1. The summed E-state index contributed by atoms with van der Waals surface area (Å²) in [5.41, 5.74) is 2.40. The molecule has 0 saturated heterocycles. The fourth-order valence-corrected chi connectivity index (χ4v) is 3.94. The maximum absolute atomic E-state index is 12.4. The minimum absolute atomic E-state index is 0.215. The Kier molecular flexibility index (Phi) is 7.79. The zero-order valence-electron chi connectivity index (χ0n) is 16.0. The first-order valence-electron chi connectivity index (χ1n) is 8.60. The van der Waals surface area contributed by atoms with E-state index < -0.39 is 11.9 Å². The molecule has 2 aromatic rings. The van der Waals surface area contributed by atoms with Gasteiger partial charge in [0, 0.05) is 10.7 Å². The normalized spacial score (nSPS) is 10.3. The molecule has 0 fully saturated rings. The molecule has 2 rings (SSSR count). The van der Waals surface area contributed by atoms with Crippen LogP contribution < -0.4 is 10.6 Å². The molecule has 1 aromatic carbocycles. The predicted octanol–water partition coefficient (Wildman–Crippen LogP) is 5.18. The van der Waals surface area contributed by atoms with Crippen molar-refractivity contribution in [3.05, 3.63) is 44.8 Å². The Hall–Kier alpha value is -2.16. The number of carbonyl (C=O) groups excluding carboxylic acids is 2. The Labute approximate surface area is 178 Å². The second-order valence-electron chi connectivity index (χ2n) is 5.74. The molecule has 0 aliphatic rings. The van der Waals surface area contributed by atoms with Crippen LogP contribution in [0, 0.1) is 13.8 Å². The fraction of sp³-hybridized carbons (Fsp3) is 0.316. The Morgan fingerprint density at radius 3 is 2.36 bits per heavy atom. The second-order valence-corrected chi connectivity index (χ2v) is 7.58. The predicted molar refractivity (Wildman–Crippen MR) is 117 cm³/mol. The van der Waals surface area contributed by atoms with E-state index >= 15 is 0 Å². The summed E-state index contributed by atoms with van der Waals surface area (Å²) in [5, 5.41) is 7.26. The van der Waals surface area contributed by atoms with Gasteiger partial charge in [-0.3, -0.25) is 0 Å². The highest BCUT2D eigenvalue weighted by atomic mass is 35.5. The van der Waals surface area contributed by atoms with Crippen LogP contribution in [0.2, 0.25) is 5.02 Å². The van der Waals surface area contributed by atoms with Gasteiger partial charge in [0.05, 0.1) is 18.8 Å². The van der Waals surface area contributed by atoms with E-state index in [0.717, 1.165) is 16.9 Å². The summed E-state index contributed by atoms with van der Waals surface area (Å²) < 4.78 is 10.2. The minimum atomic E-state index is -0.532. The molecular weight excluding hydrogens is 420 g/mol. The highest BCUT2D eigenvalue weighted by Gasteiger charge is 2.26. The van der Waals surface area contributed by atoms with Crippen molar-refractivity contribution in [2.75, 3.05) is 23.8 Å². The molecule has 2 N–H and O–H groups in total. The number of carbonyl (C=O) groups is 2. The first-order valence-corrected chi connectivity index (χ1v) is 10.2. The molecule has 0 bridgehead atoms. The number of thiophene rings is 1. The molecule has 9 heteroatoms. The van der Waals surface area contributed by atoms with Crippen LogP contribution in [0.4, 0.5) is 10.7 Å². The summed E-state index contributed by atoms with van der Waals surface area (Å²) in [4.78, 5) is 24.9. The van der Waals surface area contributed by atoms with Crippen LogP contribution in [-0.2, 0) is 9.47 Å². The second kappa shape index (κ2) is 9.86. The summed E-state index contributed by atoms with van der Waals surface area (Å²) in [6, 6.07) is 5.46. The van der Waals surface area contributed by atoms with Crippen molar-refractivity contribution < 1.29 is 19.1 Å². The molecule has 6 nitrogen and oxygen atoms in total. The van der Waals surface area contributed by atoms with Crippen molar-refractivity contribution in [1.82, 2.24) is 0 Å². The smallest absolute Gasteiger partial charge is 0.348 e. The SMILES string of the molecule is CCOC(=O)c1sc(NC(=S)Nc2ccc(C)c(Cl)c2)c(C(=O)OCC)c1C. The Balaban J connectivity index is 2.30. The van der Waals surface area contributed by atoms with Gasteiger partial charge in [-0.2, -0.15) is 0 Å². The van der Waals surface area contributed by atoms with E-state index in [4.69, 9.17) is 33.3 Å². The lowest BCUT2D eigenvalue weighted by molar-refractivity contribution is 0.0527. The van der Waals surface area contributed by atoms with Crippen molar-refractivity contribution in [2.45, 2.75) is 27.7 Å². The lowest BCUT2D eigenvalue weighted by Crippen LogP contribution is -2.20. The minimum Gasteiger partial charge on any atom is -0.462 e. The van der Waals surface area contributed by atoms with Crippen LogP contribution in [0.5, 0.6) is 0 Å². The van der Waals surface area contributed by atoms with E-state index in [-0.39, 0.29) is 23.9 Å². The third kappa shape index (κ3) is 5.21. The molecule has 0 amide bonds. The number of ether oxygens (including phenoxy) is 2. The van der Waals surface area contributed by atoms with Crippen LogP contribution in [0.25, 0.3) is 0 Å². The summed E-state index contributed by atoms with van der Waals surface area (Å²) >= 11 is 12.6. The monoisotopic (exact) mass is 440 g/mol. The van der Waals surface area contributed by atoms with Crippen molar-refractivity contribution in [2.24, 2.45) is 0 Å². The number of aryl methyl sites for hydroxylation is 1. The summed E-state index contributed by atoms with van der Waals surface area (Å²) in [6.45, 7) is 7.47. The molecule has 0 radical (unpaired) electrons. The van der Waals surface area contributed by atoms with E-state index in [2.05, 4.69) is 10.6 Å². The van der Waals surface area contributed by atoms with Crippen LogP contribution in [0.15, 0.2) is 18.2 Å². The number of esters is 2. The number of halogens is 1. The number of anilines is 2. The van der Waals surface area contributed by atoms with E-state index in [9.17, 15) is 9.59 Å². The average molecular weight is 441 g/mol. The van der Waals surface area contributed by atoms with E-state index in [1.54, 1.807) is 26.8 Å². The summed E-state index contributed by atoms with van der Waals surface area (Å²) in [7, 11) is 0. The standard InChI is InChI=1S/C19H21ClN2O4S2/c1-5-25-17(23)14-11(4)15(18(24)26-6-2)28-16(14)22-19(27)21-12-8-7-10(3)13(20)9-12/h7-9H,5-6H2,1-4H3,(H2,21,22,27). The van der Waals surface area contributed by atoms with Gasteiger partial charge in [0.2, 0.25) is 0 Å². The van der Waals surface area contributed by atoms with Gasteiger partial charge in [0.1, 0.15) is 9.88 Å². The van der Waals surface area contributed by atoms with E-state index in [1.165, 1.54) is 0 Å². The van der Waals surface area contributed by atoms with Crippen molar-refractivity contribution in [3.8, 4) is 0 Å². The van der Waals surface area contributed by atoms with Crippen molar-refractivity contribution in [3.63, 3.8) is 0 Å². The molecule has 150 valence electrons. The third-order valence-corrected chi connectivity index (χ3v) is 5.54. The molecule has 0 atom stereocenters. The van der Waals surface area contributed by atoms with Crippen molar-refractivity contribution in [1.29, 1.82) is 0 Å². The Morgan fingerprint density at radius 1 is 1.11 bits per heavy atom. The Bertz CT molecular complexity index is 912. The first kappa shape index (κ1) is 22.1. The van der Waals surface area contributed by atoms with E-state index in [1.807, 2.05) is 19.1 Å². The lowest BCUT2D eigenvalue weighted by Gasteiger charge is -2.12. The number of thiocarbonyl (C=S) groups is 1. The van der Waals surface area contributed by atoms with Gasteiger partial charge in [-0.05, 0) is 63.2 Å². The van der Waals surface area contributed by atoms with Gasteiger partial charge in [0.25, 0.3) is 0 Å². The van der Waals surface area contributed by atoms with Gasteiger partial charge in [-0.25, -0.2) is 9.59 Å². The maximum atomic E-state index is 12.4. The highest BCUT2D eigenvalue weighted by molar-refractivity contribution is 7.80. The zero-order chi connectivity index (χ0) is 20.8. The molecule has 0 unspecified atom stereocenters. The average Bonchev–Trinajstić information content (AvgIpc) is 2.94. The quantitative estimate of drug-likeness (QED) is 0.473. The van der Waals surface area contributed by atoms with Crippen molar-refractivity contribution >= 4 is 62.9 Å². The number of hydrogen-bond donors (Lipinski definition) is 2. The van der Waals surface area contributed by atoms with Crippen LogP contribution in [-0.4, -0.2) is 30.3 Å². The first-order chi connectivity index (χ1) is 13.3. The molecule has 0 aliphatic carbocycles. The maximum Gasteiger partial charge on any atom is 0.348 e. The van der Waals surface area contributed by atoms with Gasteiger partial charge >= 0.3 is 11.9 Å². The van der Waals surface area contributed by atoms with Gasteiger partial charge in [-0.1, -0.05) is 17.7 Å². The number of hydrogen-bond acceptors (Lipinski definition) is 6. The van der Waals surface area contributed by atoms with E-state index in [0.29, 0.717) is 26.2 Å². The Morgan fingerprint density at radius 2 is 1.75 bits per heavy atom. The molecule has 0 aliphatic heterocycles. The summed E-state index contributed by atoms with van der Waals surface area (Å²) in [5.74, 6) is -1.02. The van der Waals surface area contributed by atoms with Gasteiger partial charge in [-0.15, -0.1) is 11.3 Å². The van der Waals surface area contributed by atoms with Crippen LogP contribution in [0.1, 0.15) is 45.0 Å².